The molecule has 1 aromatic rings. The van der Waals surface area contributed by atoms with Crippen LogP contribution in [0.4, 0.5) is 0 Å². The number of benzene rings is 1. The molecule has 0 spiro atoms. The van der Waals surface area contributed by atoms with Gasteiger partial charge in [-0.1, -0.05) is 26.0 Å². The third-order valence-electron chi connectivity index (χ3n) is 3.28. The molecule has 0 fully saturated rings. The first-order valence-electron chi connectivity index (χ1n) is 8.41. The van der Waals surface area contributed by atoms with Crippen molar-refractivity contribution in [3.05, 3.63) is 35.0 Å². The van der Waals surface area contributed by atoms with Gasteiger partial charge in [0.2, 0.25) is 0 Å². The van der Waals surface area contributed by atoms with E-state index in [2.05, 4.69) is 0 Å². The molecule has 0 aliphatic heterocycles. The second-order valence-corrected chi connectivity index (χ2v) is 6.27. The van der Waals surface area contributed by atoms with Crippen LogP contribution in [-0.2, 0) is 16.1 Å². The summed E-state index contributed by atoms with van der Waals surface area (Å²) in [4.78, 5) is 0. The van der Waals surface area contributed by atoms with Crippen molar-refractivity contribution in [3.63, 3.8) is 0 Å². The molecule has 0 amide bonds. The highest BCUT2D eigenvalue weighted by Crippen LogP contribution is 2.13. The number of rotatable bonds is 12. The molecule has 0 unspecified atom stereocenters. The molecular formula is C18H30NO5-. The highest BCUT2D eigenvalue weighted by molar-refractivity contribution is 5.26. The summed E-state index contributed by atoms with van der Waals surface area (Å²) in [5.41, 5.74) is 1.04. The Hall–Kier alpha value is -1.18. The molecule has 1 N–H and O–H groups in total. The lowest BCUT2D eigenvalue weighted by atomic mass is 10.2. The number of hydrogen-bond donors (Lipinski definition) is 1. The summed E-state index contributed by atoms with van der Waals surface area (Å²) in [7, 11) is 0. The van der Waals surface area contributed by atoms with E-state index >= 15 is 0 Å². The van der Waals surface area contributed by atoms with Crippen LogP contribution in [0.15, 0.2) is 24.3 Å². The van der Waals surface area contributed by atoms with Crippen molar-refractivity contribution in [3.8, 4) is 5.75 Å². The molecule has 138 valence electrons. The van der Waals surface area contributed by atoms with E-state index in [0.29, 0.717) is 25.6 Å². The van der Waals surface area contributed by atoms with Gasteiger partial charge in [0, 0.05) is 6.54 Å². The number of aliphatic hydroxyl groups is 1. The smallest absolute Gasteiger partial charge is 0.119 e. The van der Waals surface area contributed by atoms with E-state index in [0.717, 1.165) is 10.6 Å². The molecule has 0 aliphatic carbocycles. The van der Waals surface area contributed by atoms with Crippen molar-refractivity contribution in [2.45, 2.75) is 52.6 Å². The Labute approximate surface area is 144 Å². The molecular weight excluding hydrogens is 310 g/mol. The fourth-order valence-electron chi connectivity index (χ4n) is 1.88. The van der Waals surface area contributed by atoms with E-state index in [1.807, 2.05) is 38.1 Å². The molecule has 0 saturated carbocycles. The van der Waals surface area contributed by atoms with Gasteiger partial charge in [0.1, 0.15) is 12.4 Å². The minimum Gasteiger partial charge on any atom is -0.785 e. The second-order valence-electron chi connectivity index (χ2n) is 6.27. The summed E-state index contributed by atoms with van der Waals surface area (Å²) in [5, 5.41) is 22.1. The summed E-state index contributed by atoms with van der Waals surface area (Å²) in [6.45, 7) is 9.36. The van der Waals surface area contributed by atoms with Crippen molar-refractivity contribution in [1.82, 2.24) is 5.06 Å². The molecule has 6 heteroatoms. The molecule has 0 bridgehead atoms. The zero-order valence-electron chi connectivity index (χ0n) is 15.1. The quantitative estimate of drug-likeness (QED) is 0.466. The number of ether oxygens (including phenoxy) is 3. The molecule has 1 aromatic carbocycles. The van der Waals surface area contributed by atoms with Gasteiger partial charge in [-0.15, -0.1) is 0 Å². The molecule has 0 radical (unpaired) electrons. The molecule has 1 atom stereocenters. The van der Waals surface area contributed by atoms with Crippen LogP contribution in [0, 0.1) is 5.21 Å². The topological polar surface area (TPSA) is 74.2 Å². The summed E-state index contributed by atoms with van der Waals surface area (Å²) in [5.74, 6) is 0.655. The molecule has 0 aliphatic rings. The van der Waals surface area contributed by atoms with E-state index in [9.17, 15) is 10.3 Å². The summed E-state index contributed by atoms with van der Waals surface area (Å²) in [6, 6.07) is 7.34. The molecule has 24 heavy (non-hydrogen) atoms. The molecule has 6 nitrogen and oxygen atoms in total. The fourth-order valence-corrected chi connectivity index (χ4v) is 1.88. The first-order valence-corrected chi connectivity index (χ1v) is 8.41. The number of nitrogens with zero attached hydrogens (tertiary/aromatic N) is 1. The van der Waals surface area contributed by atoms with Crippen molar-refractivity contribution in [1.29, 1.82) is 0 Å². The van der Waals surface area contributed by atoms with Crippen molar-refractivity contribution < 1.29 is 19.3 Å². The Morgan fingerprint density at radius 3 is 2.33 bits per heavy atom. The predicted molar refractivity (Wildman–Crippen MR) is 93.9 cm³/mol. The van der Waals surface area contributed by atoms with Gasteiger partial charge in [-0.2, -0.15) is 0 Å². The van der Waals surface area contributed by atoms with Crippen LogP contribution in [0.1, 0.15) is 33.3 Å². The van der Waals surface area contributed by atoms with E-state index in [1.54, 1.807) is 13.8 Å². The lowest BCUT2D eigenvalue weighted by Crippen LogP contribution is -2.35. The molecule has 0 aromatic heterocycles. The molecule has 0 saturated heterocycles. The maximum Gasteiger partial charge on any atom is 0.119 e. The van der Waals surface area contributed by atoms with Crippen LogP contribution in [0.25, 0.3) is 0 Å². The minimum atomic E-state index is -0.811. The van der Waals surface area contributed by atoms with Crippen molar-refractivity contribution in [2.75, 3.05) is 26.4 Å². The Morgan fingerprint density at radius 1 is 1.08 bits per heavy atom. The van der Waals surface area contributed by atoms with Gasteiger partial charge in [-0.3, -0.25) is 0 Å². The van der Waals surface area contributed by atoms with Crippen molar-refractivity contribution >= 4 is 0 Å². The lowest BCUT2D eigenvalue weighted by molar-refractivity contribution is 0.0143. The first-order chi connectivity index (χ1) is 11.4. The fraction of sp³-hybridized carbons (Fsp3) is 0.667. The lowest BCUT2D eigenvalue weighted by Gasteiger charge is -2.34. The van der Waals surface area contributed by atoms with Crippen LogP contribution in [0.2, 0.25) is 0 Å². The highest BCUT2D eigenvalue weighted by atomic mass is 16.5. The van der Waals surface area contributed by atoms with E-state index < -0.39 is 6.10 Å². The summed E-state index contributed by atoms with van der Waals surface area (Å²) >= 11 is 0. The Balaban J connectivity index is 2.24. The number of hydrogen-bond acceptors (Lipinski definition) is 6. The predicted octanol–water partition coefficient (Wildman–Crippen LogP) is 2.58. The van der Waals surface area contributed by atoms with E-state index in [4.69, 9.17) is 14.2 Å². The molecule has 0 heterocycles. The van der Waals surface area contributed by atoms with Crippen molar-refractivity contribution in [2.24, 2.45) is 0 Å². The van der Waals surface area contributed by atoms with E-state index in [-0.39, 0.29) is 25.3 Å². The zero-order valence-corrected chi connectivity index (χ0v) is 15.1. The third kappa shape index (κ3) is 9.20. The monoisotopic (exact) mass is 340 g/mol. The van der Waals surface area contributed by atoms with Crippen LogP contribution in [-0.4, -0.2) is 54.8 Å². The van der Waals surface area contributed by atoms with Crippen LogP contribution in [0.3, 0.4) is 0 Å². The Morgan fingerprint density at radius 2 is 1.75 bits per heavy atom. The van der Waals surface area contributed by atoms with Crippen LogP contribution >= 0.6 is 0 Å². The van der Waals surface area contributed by atoms with Gasteiger partial charge in [-0.25, -0.2) is 0 Å². The van der Waals surface area contributed by atoms with Gasteiger partial charge in [0.25, 0.3) is 0 Å². The van der Waals surface area contributed by atoms with Gasteiger partial charge >= 0.3 is 0 Å². The SMILES string of the molecule is CC(C)OCCOCc1ccc(OC[C@H](O)CN([O-])C(C)C)cc1. The highest BCUT2D eigenvalue weighted by Gasteiger charge is 2.08. The Bertz CT molecular complexity index is 436. The molecule has 1 rings (SSSR count). The van der Waals surface area contributed by atoms with Gasteiger partial charge < -0.3 is 29.6 Å². The van der Waals surface area contributed by atoms with Gasteiger partial charge in [-0.05, 0) is 37.6 Å². The maximum atomic E-state index is 11.5. The maximum absolute atomic E-state index is 11.5. The average Bonchev–Trinajstić information content (AvgIpc) is 2.53. The van der Waals surface area contributed by atoms with E-state index in [1.165, 1.54) is 0 Å². The normalized spacial score (nSPS) is 13.0. The first kappa shape index (κ1) is 20.9. The van der Waals surface area contributed by atoms with Crippen LogP contribution < -0.4 is 4.74 Å². The summed E-state index contributed by atoms with van der Waals surface area (Å²) in [6.07, 6.45) is -0.594. The average molecular weight is 340 g/mol. The van der Waals surface area contributed by atoms with Gasteiger partial charge in [0.15, 0.2) is 0 Å². The number of hydroxylamine groups is 2. The summed E-state index contributed by atoms with van der Waals surface area (Å²) < 4.78 is 16.4. The standard InChI is InChI=1S/C18H30NO5/c1-14(2)19(21)11-17(20)13-24-18-7-5-16(6-8-18)12-22-9-10-23-15(3)4/h5-8,14-15,17,20H,9-13H2,1-4H3/q-1/t17-/m1/s1. The second kappa shape index (κ2) is 11.4. The largest absolute Gasteiger partial charge is 0.785 e. The Kier molecular flexibility index (Phi) is 9.90. The minimum absolute atomic E-state index is 0.0437. The number of aliphatic hydroxyl groups excluding tert-OH is 1. The zero-order chi connectivity index (χ0) is 17.9. The third-order valence-corrected chi connectivity index (χ3v) is 3.28. The van der Waals surface area contributed by atoms with Gasteiger partial charge in [0.05, 0.1) is 32.0 Å². The van der Waals surface area contributed by atoms with Crippen LogP contribution in [0.5, 0.6) is 5.75 Å².